The van der Waals surface area contributed by atoms with Gasteiger partial charge in [-0.1, -0.05) is 39.3 Å². The number of hydrogen-bond acceptors (Lipinski definition) is 1. The molecule has 0 bridgehead atoms. The van der Waals surface area contributed by atoms with Crippen LogP contribution in [0, 0.1) is 6.92 Å². The molecule has 0 aliphatic heterocycles. The van der Waals surface area contributed by atoms with Gasteiger partial charge in [0.1, 0.15) is 0 Å². The smallest absolute Gasteiger partial charge is 0.0626 e. The van der Waals surface area contributed by atoms with E-state index in [0.29, 0.717) is 5.92 Å². The fourth-order valence-corrected chi connectivity index (χ4v) is 1.41. The molecule has 13 heavy (non-hydrogen) atoms. The molecule has 0 radical (unpaired) electrons. The summed E-state index contributed by atoms with van der Waals surface area (Å²) in [5, 5.41) is 0.778. The van der Waals surface area contributed by atoms with Gasteiger partial charge in [0, 0.05) is 6.20 Å². The highest BCUT2D eigenvalue weighted by Gasteiger charge is 2.05. The molecule has 1 nitrogen and oxygen atoms in total. The molecule has 0 atom stereocenters. The first kappa shape index (κ1) is 12.4. The molecule has 2 heteroatoms. The van der Waals surface area contributed by atoms with Crippen molar-refractivity contribution in [1.29, 1.82) is 0 Å². The largest absolute Gasteiger partial charge is 0.259 e. The lowest BCUT2D eigenvalue weighted by Gasteiger charge is -2.06. The van der Waals surface area contributed by atoms with Crippen molar-refractivity contribution in [2.75, 3.05) is 0 Å². The van der Waals surface area contributed by atoms with Crippen molar-refractivity contribution < 1.29 is 0 Å². The Morgan fingerprint density at radius 3 is 2.23 bits per heavy atom. The van der Waals surface area contributed by atoms with Crippen LogP contribution in [0.1, 0.15) is 44.9 Å². The van der Waals surface area contributed by atoms with Crippen LogP contribution in [0.15, 0.2) is 12.3 Å². The Morgan fingerprint density at radius 2 is 1.85 bits per heavy atom. The molecular formula is C11H18ClN. The zero-order valence-electron chi connectivity index (χ0n) is 9.06. The van der Waals surface area contributed by atoms with Crippen molar-refractivity contribution in [3.05, 3.63) is 28.5 Å². The molecule has 0 aliphatic carbocycles. The van der Waals surface area contributed by atoms with Gasteiger partial charge in [-0.15, -0.1) is 0 Å². The molecule has 0 saturated carbocycles. The third-order valence-corrected chi connectivity index (χ3v) is 1.86. The molecule has 1 heterocycles. The van der Waals surface area contributed by atoms with E-state index in [1.807, 2.05) is 33.0 Å². The summed E-state index contributed by atoms with van der Waals surface area (Å²) >= 11 is 5.96. The molecule has 74 valence electrons. The monoisotopic (exact) mass is 199 g/mol. The Kier molecular flexibility index (Phi) is 5.72. The van der Waals surface area contributed by atoms with Crippen molar-refractivity contribution >= 4 is 11.6 Å². The van der Waals surface area contributed by atoms with E-state index < -0.39 is 0 Å². The number of aryl methyl sites for hydroxylation is 1. The van der Waals surface area contributed by atoms with Crippen LogP contribution in [0.5, 0.6) is 0 Å². The van der Waals surface area contributed by atoms with Crippen LogP contribution in [0.3, 0.4) is 0 Å². The fourth-order valence-electron chi connectivity index (χ4n) is 0.969. The molecule has 0 aromatic carbocycles. The Hall–Kier alpha value is -0.560. The van der Waals surface area contributed by atoms with E-state index in [4.69, 9.17) is 11.6 Å². The normalized spacial score (nSPS) is 9.46. The summed E-state index contributed by atoms with van der Waals surface area (Å²) in [6, 6.07) is 1.95. The van der Waals surface area contributed by atoms with Crippen LogP contribution >= 0.6 is 11.6 Å². The van der Waals surface area contributed by atoms with Gasteiger partial charge in [0.2, 0.25) is 0 Å². The second-order valence-corrected chi connectivity index (χ2v) is 3.44. The first-order valence-corrected chi connectivity index (χ1v) is 5.11. The van der Waals surface area contributed by atoms with Crippen molar-refractivity contribution in [3.8, 4) is 0 Å². The Bertz CT molecular complexity index is 256. The van der Waals surface area contributed by atoms with Gasteiger partial charge in [0.25, 0.3) is 0 Å². The minimum atomic E-state index is 0.406. The van der Waals surface area contributed by atoms with Crippen LogP contribution in [0.4, 0.5) is 0 Å². The van der Waals surface area contributed by atoms with Gasteiger partial charge < -0.3 is 0 Å². The summed E-state index contributed by atoms with van der Waals surface area (Å²) in [6.45, 7) is 10.2. The first-order valence-electron chi connectivity index (χ1n) is 4.73. The van der Waals surface area contributed by atoms with Crippen LogP contribution in [0.2, 0.25) is 5.02 Å². The summed E-state index contributed by atoms with van der Waals surface area (Å²) < 4.78 is 0. The molecule has 1 aromatic heterocycles. The van der Waals surface area contributed by atoms with Crippen molar-refractivity contribution in [3.63, 3.8) is 0 Å². The topological polar surface area (TPSA) is 12.9 Å². The van der Waals surface area contributed by atoms with Crippen LogP contribution < -0.4 is 0 Å². The second-order valence-electron chi connectivity index (χ2n) is 3.03. The lowest BCUT2D eigenvalue weighted by atomic mass is 10.1. The highest BCUT2D eigenvalue weighted by molar-refractivity contribution is 6.31. The van der Waals surface area contributed by atoms with Crippen molar-refractivity contribution in [1.82, 2.24) is 4.98 Å². The molecule has 0 amide bonds. The van der Waals surface area contributed by atoms with E-state index >= 15 is 0 Å². The molecular weight excluding hydrogens is 182 g/mol. The molecule has 0 saturated heterocycles. The number of hydrogen-bond donors (Lipinski definition) is 0. The van der Waals surface area contributed by atoms with Gasteiger partial charge in [-0.3, -0.25) is 4.98 Å². The molecule has 0 aliphatic rings. The summed E-state index contributed by atoms with van der Waals surface area (Å²) in [6.07, 6.45) is 1.85. The quantitative estimate of drug-likeness (QED) is 0.661. The third kappa shape index (κ3) is 3.77. The van der Waals surface area contributed by atoms with Crippen molar-refractivity contribution in [2.45, 2.75) is 40.5 Å². The van der Waals surface area contributed by atoms with Gasteiger partial charge in [-0.2, -0.15) is 0 Å². The van der Waals surface area contributed by atoms with E-state index in [2.05, 4.69) is 18.8 Å². The summed E-state index contributed by atoms with van der Waals surface area (Å²) in [7, 11) is 0. The highest BCUT2D eigenvalue weighted by Crippen LogP contribution is 2.21. The molecule has 0 N–H and O–H groups in total. The predicted molar refractivity (Wildman–Crippen MR) is 59.4 cm³/mol. The minimum Gasteiger partial charge on any atom is -0.259 e. The molecule has 0 unspecified atom stereocenters. The number of halogens is 1. The molecule has 0 fully saturated rings. The van der Waals surface area contributed by atoms with E-state index in [9.17, 15) is 0 Å². The maximum absolute atomic E-state index is 5.96. The van der Waals surface area contributed by atoms with Gasteiger partial charge in [-0.05, 0) is 24.5 Å². The SMILES string of the molecule is CC.Cc1cnc(C(C)C)c(Cl)c1. The minimum absolute atomic E-state index is 0.406. The predicted octanol–water partition coefficient (Wildman–Crippen LogP) is 4.19. The molecule has 1 rings (SSSR count). The van der Waals surface area contributed by atoms with Crippen LogP contribution in [-0.2, 0) is 0 Å². The second kappa shape index (κ2) is 5.98. The van der Waals surface area contributed by atoms with E-state index in [1.54, 1.807) is 0 Å². The summed E-state index contributed by atoms with van der Waals surface area (Å²) in [4.78, 5) is 4.25. The Morgan fingerprint density at radius 1 is 1.31 bits per heavy atom. The van der Waals surface area contributed by atoms with Gasteiger partial charge in [0.15, 0.2) is 0 Å². The van der Waals surface area contributed by atoms with E-state index in [-0.39, 0.29) is 0 Å². The maximum Gasteiger partial charge on any atom is 0.0626 e. The lowest BCUT2D eigenvalue weighted by Crippen LogP contribution is -1.93. The van der Waals surface area contributed by atoms with Crippen LogP contribution in [0.25, 0.3) is 0 Å². The molecule has 0 spiro atoms. The van der Waals surface area contributed by atoms with E-state index in [1.165, 1.54) is 0 Å². The highest BCUT2D eigenvalue weighted by atomic mass is 35.5. The van der Waals surface area contributed by atoms with Gasteiger partial charge >= 0.3 is 0 Å². The first-order chi connectivity index (χ1) is 6.11. The standard InChI is InChI=1S/C9H12ClN.C2H6/c1-6(2)9-8(10)4-7(3)5-11-9;1-2/h4-6H,1-3H3;1-2H3. The number of nitrogens with zero attached hydrogens (tertiary/aromatic N) is 1. The number of rotatable bonds is 1. The zero-order chi connectivity index (χ0) is 10.4. The summed E-state index contributed by atoms with van der Waals surface area (Å²) in [5.41, 5.74) is 2.09. The number of aromatic nitrogens is 1. The Labute approximate surface area is 86.1 Å². The van der Waals surface area contributed by atoms with Gasteiger partial charge in [0.05, 0.1) is 10.7 Å². The lowest BCUT2D eigenvalue weighted by molar-refractivity contribution is 0.821. The van der Waals surface area contributed by atoms with Crippen LogP contribution in [-0.4, -0.2) is 4.98 Å². The summed E-state index contributed by atoms with van der Waals surface area (Å²) in [5.74, 6) is 0.406. The fraction of sp³-hybridized carbons (Fsp3) is 0.545. The average molecular weight is 200 g/mol. The third-order valence-electron chi connectivity index (χ3n) is 1.55. The zero-order valence-corrected chi connectivity index (χ0v) is 9.81. The number of pyridine rings is 1. The van der Waals surface area contributed by atoms with Gasteiger partial charge in [-0.25, -0.2) is 0 Å². The Balaban J connectivity index is 0.000000671. The molecule has 1 aromatic rings. The van der Waals surface area contributed by atoms with E-state index in [0.717, 1.165) is 16.3 Å². The average Bonchev–Trinajstić information content (AvgIpc) is 2.07. The maximum atomic E-state index is 5.96. The van der Waals surface area contributed by atoms with Crippen molar-refractivity contribution in [2.24, 2.45) is 0 Å².